The van der Waals surface area contributed by atoms with Crippen LogP contribution in [0, 0.1) is 0 Å². The molecular formula is C31H48NO3+. The minimum atomic E-state index is -0.581. The average Bonchev–Trinajstić information content (AvgIpc) is 2.85. The summed E-state index contributed by atoms with van der Waals surface area (Å²) in [5.74, 6) is 0.570. The second-order valence-corrected chi connectivity index (χ2v) is 10.3. The van der Waals surface area contributed by atoms with Crippen LogP contribution in [0.2, 0.25) is 0 Å². The molecule has 0 heterocycles. The van der Waals surface area contributed by atoms with Crippen LogP contribution in [0.5, 0.6) is 5.75 Å². The molecule has 0 aromatic heterocycles. The largest absolute Gasteiger partial charge is 0.455 e. The Morgan fingerprint density at radius 1 is 0.800 bits per heavy atom. The molecule has 0 aliphatic heterocycles. The molecule has 2 aromatic carbocycles. The molecule has 0 aliphatic rings. The number of benzene rings is 2. The van der Waals surface area contributed by atoms with Crippen LogP contribution in [-0.2, 0) is 22.5 Å². The number of ether oxygens (including phenoxy) is 2. The van der Waals surface area contributed by atoms with Gasteiger partial charge in [-0.3, -0.25) is 0 Å². The zero-order valence-electron chi connectivity index (χ0n) is 22.8. The van der Waals surface area contributed by atoms with Crippen molar-refractivity contribution in [3.63, 3.8) is 0 Å². The molecule has 35 heavy (non-hydrogen) atoms. The number of aryl methyl sites for hydroxylation is 1. The average molecular weight is 483 g/mol. The zero-order chi connectivity index (χ0) is 25.5. The zero-order valence-corrected chi connectivity index (χ0v) is 22.8. The van der Waals surface area contributed by atoms with Gasteiger partial charge in [-0.1, -0.05) is 95.3 Å². The highest BCUT2D eigenvalue weighted by atomic mass is 16.7. The molecule has 0 fully saturated rings. The van der Waals surface area contributed by atoms with Gasteiger partial charge in [0.2, 0.25) is 6.29 Å². The SMILES string of the molecule is CCCCCCCCc1ccc(OC(CC)OC(=O)C(CCC)[N+](C)(C)Cc2ccccc2)cc1. The highest BCUT2D eigenvalue weighted by molar-refractivity contribution is 5.74. The van der Waals surface area contributed by atoms with Crippen molar-refractivity contribution in [2.45, 2.75) is 104 Å². The summed E-state index contributed by atoms with van der Waals surface area (Å²) < 4.78 is 12.5. The summed E-state index contributed by atoms with van der Waals surface area (Å²) in [4.78, 5) is 13.3. The molecule has 4 heteroatoms. The van der Waals surface area contributed by atoms with E-state index in [0.717, 1.165) is 31.6 Å². The maximum atomic E-state index is 13.3. The number of hydrogen-bond acceptors (Lipinski definition) is 3. The van der Waals surface area contributed by atoms with E-state index in [-0.39, 0.29) is 12.0 Å². The Kier molecular flexibility index (Phi) is 12.9. The van der Waals surface area contributed by atoms with Gasteiger partial charge in [-0.15, -0.1) is 0 Å². The third-order valence-corrected chi connectivity index (χ3v) is 6.70. The molecule has 2 aromatic rings. The van der Waals surface area contributed by atoms with Crippen LogP contribution >= 0.6 is 0 Å². The molecule has 0 N–H and O–H groups in total. The van der Waals surface area contributed by atoms with Crippen LogP contribution in [-0.4, -0.2) is 36.9 Å². The minimum Gasteiger partial charge on any atom is -0.455 e. The van der Waals surface area contributed by atoms with Crippen molar-refractivity contribution in [1.29, 1.82) is 0 Å². The lowest BCUT2D eigenvalue weighted by Gasteiger charge is -2.37. The predicted molar refractivity (Wildman–Crippen MR) is 145 cm³/mol. The first-order valence-electron chi connectivity index (χ1n) is 13.7. The Morgan fingerprint density at radius 3 is 2.09 bits per heavy atom. The van der Waals surface area contributed by atoms with Gasteiger partial charge in [-0.25, -0.2) is 4.79 Å². The van der Waals surface area contributed by atoms with Crippen LogP contribution in [0.15, 0.2) is 54.6 Å². The van der Waals surface area contributed by atoms with Crippen molar-refractivity contribution in [2.24, 2.45) is 0 Å². The standard InChI is InChI=1S/C31H48NO3/c1-6-9-10-11-12-14-18-26-21-23-28(24-22-26)34-30(8-3)35-31(33)29(17-7-2)32(4,5)25-27-19-15-13-16-20-27/h13,15-16,19-24,29-30H,6-12,14,17-18,25H2,1-5H3/q+1. The van der Waals surface area contributed by atoms with Gasteiger partial charge in [0.25, 0.3) is 0 Å². The smallest absolute Gasteiger partial charge is 0.368 e. The number of quaternary nitrogens is 1. The van der Waals surface area contributed by atoms with Crippen molar-refractivity contribution in [3.8, 4) is 5.75 Å². The second kappa shape index (κ2) is 15.6. The van der Waals surface area contributed by atoms with Gasteiger partial charge in [0.15, 0.2) is 6.04 Å². The van der Waals surface area contributed by atoms with Crippen molar-refractivity contribution in [1.82, 2.24) is 0 Å². The Morgan fingerprint density at radius 2 is 1.46 bits per heavy atom. The normalized spacial score (nSPS) is 13.3. The molecule has 0 spiro atoms. The number of carbonyl (C=O) groups is 1. The third kappa shape index (κ3) is 10.4. The highest BCUT2D eigenvalue weighted by Crippen LogP contribution is 2.22. The molecule has 0 bridgehead atoms. The number of carbonyl (C=O) groups excluding carboxylic acids is 1. The summed E-state index contributed by atoms with van der Waals surface area (Å²) in [6.07, 6.45) is 10.7. The van der Waals surface area contributed by atoms with E-state index >= 15 is 0 Å². The van der Waals surface area contributed by atoms with E-state index in [1.165, 1.54) is 49.7 Å². The Labute approximate surface area is 214 Å². The number of hydrogen-bond donors (Lipinski definition) is 0. The van der Waals surface area contributed by atoms with Gasteiger partial charge in [0.05, 0.1) is 14.1 Å². The van der Waals surface area contributed by atoms with E-state index in [1.54, 1.807) is 0 Å². The van der Waals surface area contributed by atoms with Crippen LogP contribution in [0.3, 0.4) is 0 Å². The van der Waals surface area contributed by atoms with Crippen LogP contribution in [0.25, 0.3) is 0 Å². The summed E-state index contributed by atoms with van der Waals surface area (Å²) in [5.41, 5.74) is 2.55. The van der Waals surface area contributed by atoms with Gasteiger partial charge >= 0.3 is 5.97 Å². The van der Waals surface area contributed by atoms with Crippen LogP contribution < -0.4 is 4.74 Å². The summed E-state index contributed by atoms with van der Waals surface area (Å²) in [7, 11) is 4.22. The fraction of sp³-hybridized carbons (Fsp3) is 0.581. The molecular weight excluding hydrogens is 434 g/mol. The maximum absolute atomic E-state index is 13.3. The number of likely N-dealkylation sites (N-methyl/N-ethyl adjacent to an activating group) is 1. The Hall–Kier alpha value is -2.33. The van der Waals surface area contributed by atoms with Gasteiger partial charge in [-0.05, 0) is 37.0 Å². The second-order valence-electron chi connectivity index (χ2n) is 10.3. The molecule has 2 atom stereocenters. The number of unbranched alkanes of at least 4 members (excludes halogenated alkanes) is 5. The summed E-state index contributed by atoms with van der Waals surface area (Å²) in [5, 5.41) is 0. The van der Waals surface area contributed by atoms with Crippen molar-refractivity contribution in [2.75, 3.05) is 14.1 Å². The molecule has 0 amide bonds. The summed E-state index contributed by atoms with van der Waals surface area (Å²) >= 11 is 0. The molecule has 2 rings (SSSR count). The summed E-state index contributed by atoms with van der Waals surface area (Å²) in [6, 6.07) is 18.4. The maximum Gasteiger partial charge on any atom is 0.368 e. The van der Waals surface area contributed by atoms with E-state index in [2.05, 4.69) is 52.2 Å². The highest BCUT2D eigenvalue weighted by Gasteiger charge is 2.37. The molecule has 194 valence electrons. The van der Waals surface area contributed by atoms with Gasteiger partial charge < -0.3 is 14.0 Å². The Bertz CT molecular complexity index is 832. The lowest BCUT2D eigenvalue weighted by atomic mass is 10.0. The Balaban J connectivity index is 1.91. The van der Waals surface area contributed by atoms with Crippen molar-refractivity contribution in [3.05, 3.63) is 65.7 Å². The van der Waals surface area contributed by atoms with Gasteiger partial charge in [0, 0.05) is 18.4 Å². The van der Waals surface area contributed by atoms with E-state index in [4.69, 9.17) is 9.47 Å². The third-order valence-electron chi connectivity index (χ3n) is 6.70. The molecule has 0 radical (unpaired) electrons. The lowest BCUT2D eigenvalue weighted by Crippen LogP contribution is -2.53. The first kappa shape index (κ1) is 28.9. The molecule has 0 saturated carbocycles. The van der Waals surface area contributed by atoms with Crippen LogP contribution in [0.1, 0.15) is 89.7 Å². The molecule has 4 nitrogen and oxygen atoms in total. The molecule has 0 aliphatic carbocycles. The van der Waals surface area contributed by atoms with Crippen molar-refractivity contribution < 1.29 is 18.8 Å². The summed E-state index contributed by atoms with van der Waals surface area (Å²) in [6.45, 7) is 7.13. The molecule has 2 unspecified atom stereocenters. The monoisotopic (exact) mass is 482 g/mol. The first-order chi connectivity index (χ1) is 16.9. The predicted octanol–water partition coefficient (Wildman–Crippen LogP) is 7.69. The number of esters is 1. The lowest BCUT2D eigenvalue weighted by molar-refractivity contribution is -0.920. The topological polar surface area (TPSA) is 35.5 Å². The first-order valence-corrected chi connectivity index (χ1v) is 13.7. The van der Waals surface area contributed by atoms with Crippen LogP contribution in [0.4, 0.5) is 0 Å². The minimum absolute atomic E-state index is 0.181. The number of nitrogens with zero attached hydrogens (tertiary/aromatic N) is 1. The van der Waals surface area contributed by atoms with Crippen molar-refractivity contribution >= 4 is 5.97 Å². The number of rotatable bonds is 17. The fourth-order valence-corrected chi connectivity index (χ4v) is 4.59. The van der Waals surface area contributed by atoms with E-state index in [1.807, 2.05) is 37.3 Å². The quantitative estimate of drug-likeness (QED) is 0.100. The van der Waals surface area contributed by atoms with E-state index in [9.17, 15) is 4.79 Å². The van der Waals surface area contributed by atoms with Gasteiger partial charge in [-0.2, -0.15) is 0 Å². The fourth-order valence-electron chi connectivity index (χ4n) is 4.59. The van der Waals surface area contributed by atoms with E-state index in [0.29, 0.717) is 10.9 Å². The van der Waals surface area contributed by atoms with E-state index < -0.39 is 6.29 Å². The van der Waals surface area contributed by atoms with Gasteiger partial charge in [0.1, 0.15) is 12.3 Å². The molecule has 0 saturated heterocycles.